The molecule has 0 amide bonds. The summed E-state index contributed by atoms with van der Waals surface area (Å²) in [5.41, 5.74) is 1.86. The first-order chi connectivity index (χ1) is 5.17. The Morgan fingerprint density at radius 2 is 1.67 bits per heavy atom. The molecule has 0 radical (unpaired) electrons. The van der Waals surface area contributed by atoms with E-state index >= 15 is 0 Å². The van der Waals surface area contributed by atoms with Gasteiger partial charge in [-0.25, -0.2) is 0 Å². The minimum Gasteiger partial charge on any atom is -0.522 e. The fourth-order valence-electron chi connectivity index (χ4n) is 0.964. The van der Waals surface area contributed by atoms with E-state index in [9.17, 15) is 0 Å². The third-order valence-electron chi connectivity index (χ3n) is 1.93. The molecule has 0 nitrogen and oxygen atoms in total. The molecule has 0 saturated heterocycles. The number of hydrogen-bond acceptors (Lipinski definition) is 0. The van der Waals surface area contributed by atoms with E-state index in [2.05, 4.69) is 37.4 Å². The Morgan fingerprint density at radius 1 is 1.17 bits per heavy atom. The van der Waals surface area contributed by atoms with Crippen LogP contribution in [0.25, 0.3) is 0 Å². The van der Waals surface area contributed by atoms with E-state index in [4.69, 9.17) is 6.58 Å². The third-order valence-corrected chi connectivity index (χ3v) is 4.59. The summed E-state index contributed by atoms with van der Waals surface area (Å²) in [6.45, 7) is 10.1. The first-order valence-corrected chi connectivity index (χ1v) is 6.86. The quantitative estimate of drug-likeness (QED) is 0.398. The second-order valence-electron chi connectivity index (χ2n) is 3.25. The van der Waals surface area contributed by atoms with Crippen molar-refractivity contribution in [1.82, 2.24) is 0 Å². The van der Waals surface area contributed by atoms with Crippen LogP contribution in [-0.2, 0) is 0 Å². The summed E-state index contributed by atoms with van der Waals surface area (Å²) in [7, 11) is -1.40. The van der Waals surface area contributed by atoms with Crippen LogP contribution >= 0.6 is 0 Å². The minimum absolute atomic E-state index is 0. The smallest absolute Gasteiger partial charge is 0.522 e. The molecular weight excluding hydrogens is 155 g/mol. The van der Waals surface area contributed by atoms with Gasteiger partial charge in [-0.15, -0.1) is 0 Å². The average molecular weight is 168 g/mol. The summed E-state index contributed by atoms with van der Waals surface area (Å²) < 4.78 is 0. The maximum atomic E-state index is 5.58. The molecular formula is C10H13LiSi. The van der Waals surface area contributed by atoms with Gasteiger partial charge in [0.2, 0.25) is 0 Å². The maximum Gasteiger partial charge on any atom is 1.00 e. The SMILES string of the molecule is [CH-]=C[Si](C)(C)c1ccccc1.[Li+]. The van der Waals surface area contributed by atoms with E-state index < -0.39 is 8.07 Å². The summed E-state index contributed by atoms with van der Waals surface area (Å²) in [5, 5.41) is 1.39. The summed E-state index contributed by atoms with van der Waals surface area (Å²) in [6, 6.07) is 10.5. The molecule has 0 fully saturated rings. The fraction of sp³-hybridized carbons (Fsp3) is 0.200. The van der Waals surface area contributed by atoms with Crippen molar-refractivity contribution in [3.63, 3.8) is 0 Å². The Labute approximate surface area is 87.9 Å². The first-order valence-electron chi connectivity index (χ1n) is 3.78. The molecule has 1 aromatic carbocycles. The van der Waals surface area contributed by atoms with Crippen LogP contribution in [0.3, 0.4) is 0 Å². The zero-order valence-corrected chi connectivity index (χ0v) is 9.04. The van der Waals surface area contributed by atoms with Gasteiger partial charge in [0.15, 0.2) is 0 Å². The van der Waals surface area contributed by atoms with Crippen LogP contribution in [0.2, 0.25) is 13.1 Å². The van der Waals surface area contributed by atoms with Gasteiger partial charge in [-0.2, -0.15) is 0 Å². The van der Waals surface area contributed by atoms with Crippen LogP contribution in [0, 0.1) is 6.58 Å². The molecule has 0 unspecified atom stereocenters. The molecule has 0 atom stereocenters. The van der Waals surface area contributed by atoms with Crippen LogP contribution < -0.4 is 24.0 Å². The van der Waals surface area contributed by atoms with Crippen molar-refractivity contribution < 1.29 is 18.9 Å². The van der Waals surface area contributed by atoms with E-state index in [0.29, 0.717) is 0 Å². The van der Waals surface area contributed by atoms with Gasteiger partial charge < -0.3 is 6.58 Å². The molecule has 0 bridgehead atoms. The molecule has 0 N–H and O–H groups in total. The van der Waals surface area contributed by atoms with Crippen LogP contribution in [0.5, 0.6) is 0 Å². The topological polar surface area (TPSA) is 0 Å². The molecule has 1 rings (SSSR count). The van der Waals surface area contributed by atoms with Crippen molar-refractivity contribution >= 4 is 13.3 Å². The van der Waals surface area contributed by atoms with Gasteiger partial charge in [0.25, 0.3) is 0 Å². The van der Waals surface area contributed by atoms with Crippen molar-refractivity contribution in [1.29, 1.82) is 0 Å². The number of rotatable bonds is 2. The molecule has 1 aromatic rings. The van der Waals surface area contributed by atoms with E-state index in [0.717, 1.165) is 0 Å². The zero-order chi connectivity index (χ0) is 8.32. The van der Waals surface area contributed by atoms with Gasteiger partial charge in [0.1, 0.15) is 0 Å². The molecule has 58 valence electrons. The molecule has 0 aromatic heterocycles. The molecule has 0 saturated carbocycles. The van der Waals surface area contributed by atoms with E-state index in [1.54, 1.807) is 0 Å². The second kappa shape index (κ2) is 4.72. The normalized spacial score (nSPS) is 10.2. The van der Waals surface area contributed by atoms with E-state index in [1.165, 1.54) is 5.19 Å². The molecule has 0 spiro atoms. The van der Waals surface area contributed by atoms with Gasteiger partial charge in [-0.3, -0.25) is 5.70 Å². The third kappa shape index (κ3) is 2.67. The number of hydrogen-bond donors (Lipinski definition) is 0. The van der Waals surface area contributed by atoms with E-state index in [1.807, 2.05) is 11.8 Å². The van der Waals surface area contributed by atoms with Crippen molar-refractivity contribution in [3.8, 4) is 0 Å². The predicted molar refractivity (Wildman–Crippen MR) is 52.4 cm³/mol. The van der Waals surface area contributed by atoms with Gasteiger partial charge in [-0.1, -0.05) is 48.6 Å². The molecule has 0 aliphatic heterocycles. The second-order valence-corrected chi connectivity index (χ2v) is 7.61. The van der Waals surface area contributed by atoms with Crippen LogP contribution in [0.1, 0.15) is 0 Å². The predicted octanol–water partition coefficient (Wildman–Crippen LogP) is -0.866. The molecule has 0 aliphatic rings. The van der Waals surface area contributed by atoms with Crippen molar-refractivity contribution in [3.05, 3.63) is 42.6 Å². The van der Waals surface area contributed by atoms with Gasteiger partial charge in [-0.05, 0) is 0 Å². The van der Waals surface area contributed by atoms with Gasteiger partial charge in [0, 0.05) is 0 Å². The van der Waals surface area contributed by atoms with Crippen LogP contribution in [0.15, 0.2) is 36.0 Å². The summed E-state index contributed by atoms with van der Waals surface area (Å²) in [5.74, 6) is 0. The van der Waals surface area contributed by atoms with E-state index in [-0.39, 0.29) is 18.9 Å². The van der Waals surface area contributed by atoms with Gasteiger partial charge in [0.05, 0.1) is 8.07 Å². The maximum absolute atomic E-state index is 5.58. The summed E-state index contributed by atoms with van der Waals surface area (Å²) in [4.78, 5) is 0. The number of benzene rings is 1. The average Bonchev–Trinajstić information content (AvgIpc) is 2.06. The standard InChI is InChI=1S/C10H13Si.Li/c1-4-11(2,3)10-8-6-5-7-9-10;/h1,4-9H,2-3H3;/q-1;+1. The fourth-order valence-corrected chi connectivity index (χ4v) is 2.21. The van der Waals surface area contributed by atoms with Gasteiger partial charge >= 0.3 is 18.9 Å². The summed E-state index contributed by atoms with van der Waals surface area (Å²) >= 11 is 0. The molecule has 12 heavy (non-hydrogen) atoms. The first kappa shape index (κ1) is 11.8. The van der Waals surface area contributed by atoms with Crippen molar-refractivity contribution in [2.45, 2.75) is 13.1 Å². The largest absolute Gasteiger partial charge is 1.00 e. The Balaban J connectivity index is 0.00000121. The Hall–Kier alpha value is -0.226. The summed E-state index contributed by atoms with van der Waals surface area (Å²) in [6.07, 6.45) is 0. The molecule has 0 aliphatic carbocycles. The Morgan fingerprint density at radius 3 is 2.08 bits per heavy atom. The Kier molecular flexibility index (Phi) is 4.63. The van der Waals surface area contributed by atoms with Crippen molar-refractivity contribution in [2.24, 2.45) is 0 Å². The monoisotopic (exact) mass is 168 g/mol. The minimum atomic E-state index is -1.40. The van der Waals surface area contributed by atoms with Crippen LogP contribution in [0.4, 0.5) is 0 Å². The Bertz CT molecular complexity index is 241. The molecule has 0 heterocycles. The molecule has 2 heteroatoms. The van der Waals surface area contributed by atoms with Crippen molar-refractivity contribution in [2.75, 3.05) is 0 Å². The zero-order valence-electron chi connectivity index (χ0n) is 8.04. The van der Waals surface area contributed by atoms with Crippen LogP contribution in [-0.4, -0.2) is 8.07 Å².